The Morgan fingerprint density at radius 1 is 1.73 bits per heavy atom. The molecular formula is C9H13N3OS2. The number of hydrogen-bond donors (Lipinski definition) is 1. The molecule has 6 heteroatoms. The standard InChI is InChI=1S/C9H13N3OS2/c1-5(8(10)14)12(3)9(13)7-4-11-6(2)15-7/h4-5H,1-3H3,(H2,10,14). The Morgan fingerprint density at radius 3 is 2.73 bits per heavy atom. The Morgan fingerprint density at radius 2 is 2.33 bits per heavy atom. The van der Waals surface area contributed by atoms with E-state index in [1.165, 1.54) is 16.2 Å². The molecule has 0 aliphatic carbocycles. The van der Waals surface area contributed by atoms with Crippen LogP contribution >= 0.6 is 23.6 Å². The van der Waals surface area contributed by atoms with E-state index in [2.05, 4.69) is 4.98 Å². The predicted molar refractivity (Wildman–Crippen MR) is 65.2 cm³/mol. The normalized spacial score (nSPS) is 12.2. The van der Waals surface area contributed by atoms with Crippen LogP contribution in [0.1, 0.15) is 21.6 Å². The first kappa shape index (κ1) is 12.1. The van der Waals surface area contributed by atoms with Gasteiger partial charge in [-0.3, -0.25) is 4.79 Å². The molecule has 15 heavy (non-hydrogen) atoms. The molecule has 0 saturated carbocycles. The number of nitrogens with two attached hydrogens (primary N) is 1. The zero-order chi connectivity index (χ0) is 11.6. The zero-order valence-electron chi connectivity index (χ0n) is 8.85. The van der Waals surface area contributed by atoms with Crippen molar-refractivity contribution in [1.29, 1.82) is 0 Å². The van der Waals surface area contributed by atoms with Crippen molar-refractivity contribution >= 4 is 34.5 Å². The van der Waals surface area contributed by atoms with Crippen LogP contribution in [0.2, 0.25) is 0 Å². The Bertz CT molecular complexity index is 388. The number of likely N-dealkylation sites (N-methyl/N-ethyl adjacent to an activating group) is 1. The van der Waals surface area contributed by atoms with Crippen molar-refractivity contribution in [2.45, 2.75) is 19.9 Å². The Balaban J connectivity index is 2.81. The highest BCUT2D eigenvalue weighted by atomic mass is 32.1. The molecule has 4 nitrogen and oxygen atoms in total. The fourth-order valence-electron chi connectivity index (χ4n) is 1.00. The van der Waals surface area contributed by atoms with E-state index < -0.39 is 0 Å². The molecule has 0 bridgehead atoms. The summed E-state index contributed by atoms with van der Waals surface area (Å²) in [5.74, 6) is -0.0964. The van der Waals surface area contributed by atoms with Crippen LogP contribution in [0.3, 0.4) is 0 Å². The lowest BCUT2D eigenvalue weighted by molar-refractivity contribution is 0.0783. The Hall–Kier alpha value is -1.01. The van der Waals surface area contributed by atoms with Gasteiger partial charge in [-0.2, -0.15) is 0 Å². The number of thiazole rings is 1. The molecule has 1 rings (SSSR count). The Kier molecular flexibility index (Phi) is 3.76. The van der Waals surface area contributed by atoms with Crippen molar-refractivity contribution in [1.82, 2.24) is 9.88 Å². The maximum Gasteiger partial charge on any atom is 0.265 e. The van der Waals surface area contributed by atoms with Crippen LogP contribution in [0, 0.1) is 6.92 Å². The van der Waals surface area contributed by atoms with Gasteiger partial charge in [0.25, 0.3) is 5.91 Å². The largest absolute Gasteiger partial charge is 0.392 e. The summed E-state index contributed by atoms with van der Waals surface area (Å²) in [5, 5.41) is 0.870. The van der Waals surface area contributed by atoms with Gasteiger partial charge < -0.3 is 10.6 Å². The molecular weight excluding hydrogens is 230 g/mol. The van der Waals surface area contributed by atoms with Gasteiger partial charge in [-0.25, -0.2) is 4.98 Å². The van der Waals surface area contributed by atoms with Crippen molar-refractivity contribution in [2.24, 2.45) is 5.73 Å². The van der Waals surface area contributed by atoms with Crippen LogP contribution in [0.4, 0.5) is 0 Å². The van der Waals surface area contributed by atoms with Crippen LogP contribution in [0.15, 0.2) is 6.20 Å². The van der Waals surface area contributed by atoms with Crippen LogP contribution in [-0.2, 0) is 0 Å². The van der Waals surface area contributed by atoms with Crippen LogP contribution in [-0.4, -0.2) is 33.9 Å². The summed E-state index contributed by atoms with van der Waals surface area (Å²) < 4.78 is 0. The lowest BCUT2D eigenvalue weighted by Crippen LogP contribution is -2.42. The third-order valence-electron chi connectivity index (χ3n) is 2.15. The molecule has 82 valence electrons. The summed E-state index contributed by atoms with van der Waals surface area (Å²) in [6.45, 7) is 3.66. The average molecular weight is 243 g/mol. The third-order valence-corrected chi connectivity index (χ3v) is 3.39. The van der Waals surface area contributed by atoms with E-state index in [0.29, 0.717) is 9.87 Å². The number of rotatable bonds is 3. The molecule has 1 aromatic heterocycles. The molecule has 0 radical (unpaired) electrons. The molecule has 0 saturated heterocycles. The van der Waals surface area contributed by atoms with Crippen LogP contribution < -0.4 is 5.73 Å². The predicted octanol–water partition coefficient (Wildman–Crippen LogP) is 1.20. The molecule has 0 fully saturated rings. The summed E-state index contributed by atoms with van der Waals surface area (Å²) in [6, 6.07) is -0.241. The fourth-order valence-corrected chi connectivity index (χ4v) is 1.92. The van der Waals surface area contributed by atoms with Gasteiger partial charge in [0.2, 0.25) is 0 Å². The second kappa shape index (κ2) is 4.67. The molecule has 1 unspecified atom stereocenters. The van der Waals surface area contributed by atoms with Crippen LogP contribution in [0.5, 0.6) is 0 Å². The van der Waals surface area contributed by atoms with Crippen molar-refractivity contribution < 1.29 is 4.79 Å². The maximum atomic E-state index is 11.9. The Labute approximate surface area is 98.1 Å². The summed E-state index contributed by atoms with van der Waals surface area (Å²) in [7, 11) is 1.68. The lowest BCUT2D eigenvalue weighted by Gasteiger charge is -2.22. The molecule has 0 aliphatic rings. The van der Waals surface area contributed by atoms with Gasteiger partial charge in [0.05, 0.1) is 22.2 Å². The molecule has 1 atom stereocenters. The molecule has 0 aliphatic heterocycles. The third kappa shape index (κ3) is 2.73. The van der Waals surface area contributed by atoms with E-state index in [4.69, 9.17) is 18.0 Å². The van der Waals surface area contributed by atoms with E-state index >= 15 is 0 Å². The second-order valence-corrected chi connectivity index (χ2v) is 4.94. The number of carbonyl (C=O) groups is 1. The molecule has 1 amide bonds. The second-order valence-electron chi connectivity index (χ2n) is 3.24. The highest BCUT2D eigenvalue weighted by Gasteiger charge is 2.20. The fraction of sp³-hybridized carbons (Fsp3) is 0.444. The topological polar surface area (TPSA) is 59.2 Å². The van der Waals surface area contributed by atoms with Gasteiger partial charge in [0, 0.05) is 7.05 Å². The number of hydrogen-bond acceptors (Lipinski definition) is 4. The van der Waals surface area contributed by atoms with E-state index in [1.807, 2.05) is 6.92 Å². The number of aryl methyl sites for hydroxylation is 1. The van der Waals surface area contributed by atoms with Gasteiger partial charge in [0.15, 0.2) is 0 Å². The number of thiocarbonyl (C=S) groups is 1. The zero-order valence-corrected chi connectivity index (χ0v) is 10.5. The van der Waals surface area contributed by atoms with Crippen molar-refractivity contribution in [3.63, 3.8) is 0 Å². The first-order valence-electron chi connectivity index (χ1n) is 4.42. The highest BCUT2D eigenvalue weighted by molar-refractivity contribution is 7.80. The van der Waals surface area contributed by atoms with Gasteiger partial charge in [-0.15, -0.1) is 11.3 Å². The quantitative estimate of drug-likeness (QED) is 0.810. The molecule has 0 spiro atoms. The number of amides is 1. The smallest absolute Gasteiger partial charge is 0.265 e. The summed E-state index contributed by atoms with van der Waals surface area (Å²) >= 11 is 6.21. The summed E-state index contributed by atoms with van der Waals surface area (Å²) in [4.78, 5) is 18.4. The first-order valence-corrected chi connectivity index (χ1v) is 5.65. The summed E-state index contributed by atoms with van der Waals surface area (Å²) in [6.07, 6.45) is 1.57. The minimum absolute atomic E-state index is 0.0964. The minimum Gasteiger partial charge on any atom is -0.392 e. The van der Waals surface area contributed by atoms with Gasteiger partial charge >= 0.3 is 0 Å². The maximum absolute atomic E-state index is 11.9. The summed E-state index contributed by atoms with van der Waals surface area (Å²) in [5.41, 5.74) is 5.48. The van der Waals surface area contributed by atoms with E-state index in [-0.39, 0.29) is 11.9 Å². The van der Waals surface area contributed by atoms with Gasteiger partial charge in [0.1, 0.15) is 4.88 Å². The van der Waals surface area contributed by atoms with Gasteiger partial charge in [-0.05, 0) is 13.8 Å². The molecule has 1 aromatic rings. The van der Waals surface area contributed by atoms with Gasteiger partial charge in [-0.1, -0.05) is 12.2 Å². The van der Waals surface area contributed by atoms with Crippen molar-refractivity contribution in [2.75, 3.05) is 7.05 Å². The SMILES string of the molecule is Cc1ncc(C(=O)N(C)C(C)C(N)=S)s1. The number of aromatic nitrogens is 1. The van der Waals surface area contributed by atoms with Crippen LogP contribution in [0.25, 0.3) is 0 Å². The van der Waals surface area contributed by atoms with E-state index in [1.54, 1.807) is 20.2 Å². The van der Waals surface area contributed by atoms with Crippen molar-refractivity contribution in [3.05, 3.63) is 16.1 Å². The first-order chi connectivity index (χ1) is 6.93. The number of nitrogens with zero attached hydrogens (tertiary/aromatic N) is 2. The molecule has 1 heterocycles. The molecule has 0 aromatic carbocycles. The minimum atomic E-state index is -0.241. The monoisotopic (exact) mass is 243 g/mol. The lowest BCUT2D eigenvalue weighted by atomic mass is 10.3. The average Bonchev–Trinajstić information content (AvgIpc) is 2.61. The van der Waals surface area contributed by atoms with E-state index in [0.717, 1.165) is 5.01 Å². The van der Waals surface area contributed by atoms with E-state index in [9.17, 15) is 4.79 Å². The highest BCUT2D eigenvalue weighted by Crippen LogP contribution is 2.14. The number of carbonyl (C=O) groups excluding carboxylic acids is 1. The van der Waals surface area contributed by atoms with Crippen molar-refractivity contribution in [3.8, 4) is 0 Å². The molecule has 2 N–H and O–H groups in total.